The number of rotatable bonds is 10. The minimum Gasteiger partial charge on any atom is -0.418 e. The maximum Gasteiger partial charge on any atom is 0.227 e. The normalized spacial score (nSPS) is 12.2. The van der Waals surface area contributed by atoms with E-state index in [1.54, 1.807) is 14.2 Å². The van der Waals surface area contributed by atoms with E-state index in [0.717, 1.165) is 31.4 Å². The molecule has 0 N–H and O–H groups in total. The van der Waals surface area contributed by atoms with E-state index in [9.17, 15) is 0 Å². The third-order valence-corrected chi connectivity index (χ3v) is 5.58. The first kappa shape index (κ1) is 17.1. The van der Waals surface area contributed by atoms with Gasteiger partial charge in [-0.2, -0.15) is 0 Å². The lowest BCUT2D eigenvalue weighted by Gasteiger charge is -2.28. The zero-order valence-electron chi connectivity index (χ0n) is 12.9. The van der Waals surface area contributed by atoms with E-state index >= 15 is 0 Å². The van der Waals surface area contributed by atoms with Crippen molar-refractivity contribution >= 4 is 15.8 Å². The fourth-order valence-electron chi connectivity index (χ4n) is 2.02. The molecule has 0 atom stereocenters. The van der Waals surface area contributed by atoms with Gasteiger partial charge in [0.05, 0.1) is 0 Å². The van der Waals surface area contributed by atoms with Crippen LogP contribution in [0, 0.1) is 0 Å². The lowest BCUT2D eigenvalue weighted by Crippen LogP contribution is -2.41. The highest BCUT2D eigenvalue weighted by atomic mass is 28.2. The third kappa shape index (κ3) is 5.21. The third-order valence-electron chi connectivity index (χ3n) is 3.57. The van der Waals surface area contributed by atoms with Crippen LogP contribution < -0.4 is 0 Å². The molecule has 0 bridgehead atoms. The first-order chi connectivity index (χ1) is 9.69. The van der Waals surface area contributed by atoms with Gasteiger partial charge in [0.25, 0.3) is 0 Å². The van der Waals surface area contributed by atoms with Gasteiger partial charge in [0.2, 0.25) is 9.76 Å². The van der Waals surface area contributed by atoms with Gasteiger partial charge in [-0.15, -0.1) is 0 Å². The molecule has 0 fully saturated rings. The fraction of sp³-hybridized carbons (Fsp3) is 0.500. The molecule has 0 aliphatic carbocycles. The van der Waals surface area contributed by atoms with Gasteiger partial charge in [0, 0.05) is 20.8 Å². The smallest absolute Gasteiger partial charge is 0.227 e. The Hall–Kier alpha value is -0.943. The zero-order chi connectivity index (χ0) is 14.8. The van der Waals surface area contributed by atoms with Crippen molar-refractivity contribution in [3.8, 4) is 0 Å². The molecule has 0 spiro atoms. The molecule has 3 nitrogen and oxygen atoms in total. The summed E-state index contributed by atoms with van der Waals surface area (Å²) >= 11 is 0. The molecule has 0 amide bonds. The van der Waals surface area contributed by atoms with E-state index in [4.69, 9.17) is 13.9 Å². The highest BCUT2D eigenvalue weighted by Gasteiger charge is 2.28. The molecule has 20 heavy (non-hydrogen) atoms. The van der Waals surface area contributed by atoms with Crippen LogP contribution in [0.3, 0.4) is 0 Å². The summed E-state index contributed by atoms with van der Waals surface area (Å²) in [6, 6.07) is 8.48. The quantitative estimate of drug-likeness (QED) is 0.377. The Labute approximate surface area is 124 Å². The Bertz CT molecular complexity index is 377. The van der Waals surface area contributed by atoms with E-state index in [1.807, 2.05) is 6.08 Å². The van der Waals surface area contributed by atoms with Crippen molar-refractivity contribution in [1.29, 1.82) is 0 Å². The van der Waals surface area contributed by atoms with Crippen molar-refractivity contribution in [2.45, 2.75) is 31.6 Å². The monoisotopic (exact) mass is 294 g/mol. The Morgan fingerprint density at radius 3 is 2.35 bits per heavy atom. The summed E-state index contributed by atoms with van der Waals surface area (Å²) in [5, 5.41) is 0. The van der Waals surface area contributed by atoms with Crippen LogP contribution in [0.1, 0.15) is 30.9 Å². The predicted molar refractivity (Wildman–Crippen MR) is 86.4 cm³/mol. The maximum atomic E-state index is 5.81. The van der Waals surface area contributed by atoms with Crippen molar-refractivity contribution in [3.63, 3.8) is 0 Å². The summed E-state index contributed by atoms with van der Waals surface area (Å²) in [7, 11) is 2.52. The van der Waals surface area contributed by atoms with E-state index < -0.39 is 15.2 Å². The van der Waals surface area contributed by atoms with Crippen molar-refractivity contribution in [2.75, 3.05) is 20.8 Å². The number of aryl methyl sites for hydroxylation is 1. The molecule has 1 aromatic rings. The van der Waals surface area contributed by atoms with Crippen LogP contribution in [0.15, 0.2) is 30.8 Å². The van der Waals surface area contributed by atoms with E-state index in [2.05, 4.69) is 37.8 Å². The van der Waals surface area contributed by atoms with Gasteiger partial charge in [-0.05, 0) is 30.4 Å². The van der Waals surface area contributed by atoms with Crippen molar-refractivity contribution < 1.29 is 13.9 Å². The molecule has 0 unspecified atom stereocenters. The van der Waals surface area contributed by atoms with Gasteiger partial charge in [-0.25, -0.2) is 0 Å². The molecule has 0 saturated heterocycles. The van der Waals surface area contributed by atoms with Gasteiger partial charge in [0.15, 0.2) is 5.41 Å². The predicted octanol–water partition coefficient (Wildman–Crippen LogP) is 2.72. The average Bonchev–Trinajstić information content (AvgIpc) is 2.52. The Morgan fingerprint density at radius 2 is 1.85 bits per heavy atom. The average molecular weight is 294 g/mol. The largest absolute Gasteiger partial charge is 0.418 e. The summed E-state index contributed by atoms with van der Waals surface area (Å²) in [5.41, 5.74) is 2.03. The number of hydrogen-bond donors (Lipinski definition) is 0. The topological polar surface area (TPSA) is 27.7 Å². The molecular formula is C16H26O3Si. The lowest BCUT2D eigenvalue weighted by molar-refractivity contribution is -0.153. The van der Waals surface area contributed by atoms with Gasteiger partial charge in [-0.3, -0.25) is 0 Å². The minimum absolute atomic E-state index is 0.467. The van der Waals surface area contributed by atoms with Gasteiger partial charge in [0.1, 0.15) is 0 Å². The molecule has 0 heterocycles. The maximum absolute atomic E-state index is 5.81. The second kappa shape index (κ2) is 9.08. The van der Waals surface area contributed by atoms with Crippen molar-refractivity contribution in [3.05, 3.63) is 42.0 Å². The summed E-state index contributed by atoms with van der Waals surface area (Å²) in [5.74, 6) is 0. The minimum atomic E-state index is -0.850. The van der Waals surface area contributed by atoms with Crippen LogP contribution in [0.2, 0.25) is 0 Å². The van der Waals surface area contributed by atoms with Crippen LogP contribution in [0.5, 0.6) is 0 Å². The second-order valence-corrected chi connectivity index (χ2v) is 6.55. The molecule has 1 rings (SSSR count). The summed E-state index contributed by atoms with van der Waals surface area (Å²) in [6.07, 6.45) is 4.74. The van der Waals surface area contributed by atoms with Gasteiger partial charge in [-0.1, -0.05) is 43.8 Å². The Balaban J connectivity index is 2.25. The summed E-state index contributed by atoms with van der Waals surface area (Å²) in [6.45, 7) is 6.58. The molecule has 112 valence electrons. The fourth-order valence-corrected chi connectivity index (χ4v) is 3.12. The van der Waals surface area contributed by atoms with Gasteiger partial charge < -0.3 is 13.9 Å². The lowest BCUT2D eigenvalue weighted by atomic mass is 10.1. The standard InChI is InChI=1S/C16H26O3Si/c1-5-14-9-11-15(12-10-14)8-7-13-19-20-16(6-2,17-3)18-4/h5,9-12H,1,6-8,13,20H2,2-4H3. The number of methoxy groups -OCH3 is 2. The number of hydrogen-bond acceptors (Lipinski definition) is 3. The zero-order valence-corrected chi connectivity index (χ0v) is 14.3. The Morgan fingerprint density at radius 1 is 1.20 bits per heavy atom. The first-order valence-corrected chi connectivity index (χ1v) is 8.37. The van der Waals surface area contributed by atoms with E-state index in [0.29, 0.717) is 0 Å². The molecular weight excluding hydrogens is 268 g/mol. The molecule has 0 aliphatic rings. The van der Waals surface area contributed by atoms with Crippen LogP contribution in [-0.4, -0.2) is 36.0 Å². The van der Waals surface area contributed by atoms with E-state index in [-0.39, 0.29) is 0 Å². The SMILES string of the molecule is C=Cc1ccc(CCCO[SiH2]C(CC)(OC)OC)cc1. The van der Waals surface area contributed by atoms with Gasteiger partial charge >= 0.3 is 0 Å². The summed E-state index contributed by atoms with van der Waals surface area (Å²) < 4.78 is 16.7. The molecule has 0 radical (unpaired) electrons. The molecule has 0 aromatic heterocycles. The molecule has 1 aromatic carbocycles. The Kier molecular flexibility index (Phi) is 7.77. The molecule has 0 aliphatic heterocycles. The number of benzene rings is 1. The van der Waals surface area contributed by atoms with Crippen molar-refractivity contribution in [2.24, 2.45) is 0 Å². The van der Waals surface area contributed by atoms with Crippen LogP contribution in [-0.2, 0) is 20.3 Å². The second-order valence-electron chi connectivity index (χ2n) is 4.77. The van der Waals surface area contributed by atoms with Crippen molar-refractivity contribution in [1.82, 2.24) is 0 Å². The highest BCUT2D eigenvalue weighted by Crippen LogP contribution is 2.14. The highest BCUT2D eigenvalue weighted by molar-refractivity contribution is 6.31. The molecule has 4 heteroatoms. The first-order valence-electron chi connectivity index (χ1n) is 7.09. The van der Waals surface area contributed by atoms with E-state index in [1.165, 1.54) is 5.56 Å². The van der Waals surface area contributed by atoms with Crippen LogP contribution >= 0.6 is 0 Å². The summed E-state index contributed by atoms with van der Waals surface area (Å²) in [4.78, 5) is 0. The molecule has 0 saturated carbocycles. The van der Waals surface area contributed by atoms with Crippen LogP contribution in [0.25, 0.3) is 6.08 Å². The number of ether oxygens (including phenoxy) is 2. The van der Waals surface area contributed by atoms with Crippen LogP contribution in [0.4, 0.5) is 0 Å².